The van der Waals surface area contributed by atoms with Crippen molar-refractivity contribution in [3.63, 3.8) is 0 Å². The summed E-state index contributed by atoms with van der Waals surface area (Å²) < 4.78 is 0. The number of aryl methyl sites for hydroxylation is 1. The Morgan fingerprint density at radius 1 is 1.20 bits per heavy atom. The zero-order valence-corrected chi connectivity index (χ0v) is 12.9. The molecule has 1 N–H and O–H groups in total. The summed E-state index contributed by atoms with van der Waals surface area (Å²) in [5.74, 6) is 0.142. The molecule has 0 radical (unpaired) electrons. The number of carbonyl (C=O) groups is 1. The van der Waals surface area contributed by atoms with Gasteiger partial charge in [-0.2, -0.15) is 0 Å². The van der Waals surface area contributed by atoms with Crippen LogP contribution in [0.4, 0.5) is 5.69 Å². The molecule has 1 aliphatic heterocycles. The van der Waals surface area contributed by atoms with E-state index in [1.165, 1.54) is 5.56 Å². The van der Waals surface area contributed by atoms with Gasteiger partial charge < -0.3 is 10.2 Å². The van der Waals surface area contributed by atoms with Gasteiger partial charge in [0.1, 0.15) is 0 Å². The van der Waals surface area contributed by atoms with E-state index >= 15 is 0 Å². The summed E-state index contributed by atoms with van der Waals surface area (Å²) in [6, 6.07) is 8.08. The maximum atomic E-state index is 12.8. The summed E-state index contributed by atoms with van der Waals surface area (Å²) in [6.45, 7) is 9.82. The molecule has 1 aromatic carbocycles. The van der Waals surface area contributed by atoms with Crippen molar-refractivity contribution in [3.05, 3.63) is 29.8 Å². The Balaban J connectivity index is 2.14. The minimum Gasteiger partial charge on any atom is -0.314 e. The van der Waals surface area contributed by atoms with E-state index in [4.69, 9.17) is 0 Å². The van der Waals surface area contributed by atoms with Crippen molar-refractivity contribution >= 4 is 11.6 Å². The number of benzene rings is 1. The largest absolute Gasteiger partial charge is 0.314 e. The molecule has 1 aromatic rings. The number of amides is 1. The summed E-state index contributed by atoms with van der Waals surface area (Å²) in [4.78, 5) is 16.8. The monoisotopic (exact) mass is 275 g/mol. The molecule has 0 bridgehead atoms. The lowest BCUT2D eigenvalue weighted by Crippen LogP contribution is -2.60. The second-order valence-electron chi connectivity index (χ2n) is 6.00. The molecule has 110 valence electrons. The molecule has 20 heavy (non-hydrogen) atoms. The highest BCUT2D eigenvalue weighted by Gasteiger charge is 2.37. The zero-order valence-electron chi connectivity index (χ0n) is 12.9. The normalized spacial score (nSPS) is 17.0. The molecule has 0 unspecified atom stereocenters. The highest BCUT2D eigenvalue weighted by molar-refractivity contribution is 5.99. The van der Waals surface area contributed by atoms with Crippen molar-refractivity contribution in [3.8, 4) is 0 Å². The van der Waals surface area contributed by atoms with Crippen LogP contribution in [-0.4, -0.2) is 49.6 Å². The molecular weight excluding hydrogens is 250 g/mol. The smallest absolute Gasteiger partial charge is 0.246 e. The fourth-order valence-corrected chi connectivity index (χ4v) is 2.66. The Hall–Kier alpha value is -1.39. The van der Waals surface area contributed by atoms with E-state index in [0.717, 1.165) is 31.9 Å². The summed E-state index contributed by atoms with van der Waals surface area (Å²) in [5.41, 5.74) is 1.68. The van der Waals surface area contributed by atoms with Crippen LogP contribution in [-0.2, 0) is 4.79 Å². The van der Waals surface area contributed by atoms with Gasteiger partial charge in [0, 0.05) is 38.9 Å². The second-order valence-corrected chi connectivity index (χ2v) is 6.00. The van der Waals surface area contributed by atoms with Crippen LogP contribution in [0.5, 0.6) is 0 Å². The van der Waals surface area contributed by atoms with E-state index < -0.39 is 5.54 Å². The Labute approximate surface area is 121 Å². The average molecular weight is 275 g/mol. The highest BCUT2D eigenvalue weighted by Crippen LogP contribution is 2.22. The third-order valence-corrected chi connectivity index (χ3v) is 4.16. The highest BCUT2D eigenvalue weighted by atomic mass is 16.2. The molecular formula is C16H25N3O. The van der Waals surface area contributed by atoms with Gasteiger partial charge in [-0.3, -0.25) is 9.69 Å². The van der Waals surface area contributed by atoms with Crippen LogP contribution in [0.1, 0.15) is 19.4 Å². The number of piperazine rings is 1. The lowest BCUT2D eigenvalue weighted by atomic mass is 9.99. The Bertz CT molecular complexity index is 461. The van der Waals surface area contributed by atoms with Gasteiger partial charge in [-0.25, -0.2) is 0 Å². The lowest BCUT2D eigenvalue weighted by molar-refractivity contribution is -0.129. The molecule has 1 heterocycles. The van der Waals surface area contributed by atoms with Gasteiger partial charge in [0.05, 0.1) is 5.54 Å². The molecule has 0 atom stereocenters. The average Bonchev–Trinajstić information content (AvgIpc) is 2.47. The van der Waals surface area contributed by atoms with E-state index in [1.54, 1.807) is 4.90 Å². The van der Waals surface area contributed by atoms with Gasteiger partial charge in [-0.1, -0.05) is 17.7 Å². The number of anilines is 1. The van der Waals surface area contributed by atoms with Crippen LogP contribution in [0.2, 0.25) is 0 Å². The van der Waals surface area contributed by atoms with E-state index in [0.29, 0.717) is 0 Å². The maximum Gasteiger partial charge on any atom is 0.246 e. The first-order valence-corrected chi connectivity index (χ1v) is 7.23. The first-order valence-electron chi connectivity index (χ1n) is 7.23. The molecule has 4 nitrogen and oxygen atoms in total. The van der Waals surface area contributed by atoms with E-state index in [1.807, 2.05) is 45.2 Å². The first-order chi connectivity index (χ1) is 9.43. The van der Waals surface area contributed by atoms with Crippen LogP contribution in [0.25, 0.3) is 0 Å². The van der Waals surface area contributed by atoms with Crippen molar-refractivity contribution < 1.29 is 4.79 Å². The van der Waals surface area contributed by atoms with Crippen molar-refractivity contribution in [2.75, 3.05) is 38.1 Å². The van der Waals surface area contributed by atoms with Gasteiger partial charge in [-0.15, -0.1) is 0 Å². The molecule has 0 aliphatic carbocycles. The Morgan fingerprint density at radius 2 is 1.75 bits per heavy atom. The van der Waals surface area contributed by atoms with Crippen LogP contribution < -0.4 is 10.2 Å². The van der Waals surface area contributed by atoms with E-state index in [-0.39, 0.29) is 5.91 Å². The molecule has 1 fully saturated rings. The quantitative estimate of drug-likeness (QED) is 0.911. The number of hydrogen-bond acceptors (Lipinski definition) is 3. The van der Waals surface area contributed by atoms with Gasteiger partial charge in [0.15, 0.2) is 0 Å². The Morgan fingerprint density at radius 3 is 2.30 bits per heavy atom. The fourth-order valence-electron chi connectivity index (χ4n) is 2.66. The van der Waals surface area contributed by atoms with E-state index in [9.17, 15) is 4.79 Å². The van der Waals surface area contributed by atoms with Crippen LogP contribution in [0.3, 0.4) is 0 Å². The van der Waals surface area contributed by atoms with Crippen molar-refractivity contribution in [1.29, 1.82) is 0 Å². The summed E-state index contributed by atoms with van der Waals surface area (Å²) in [7, 11) is 1.86. The molecule has 2 rings (SSSR count). The summed E-state index contributed by atoms with van der Waals surface area (Å²) >= 11 is 0. The van der Waals surface area contributed by atoms with Crippen molar-refractivity contribution in [2.45, 2.75) is 26.3 Å². The number of rotatable bonds is 3. The third-order valence-electron chi connectivity index (χ3n) is 4.16. The number of hydrogen-bond donors (Lipinski definition) is 1. The second kappa shape index (κ2) is 5.94. The first kappa shape index (κ1) is 15.0. The summed E-state index contributed by atoms with van der Waals surface area (Å²) in [6.07, 6.45) is 0. The lowest BCUT2D eigenvalue weighted by Gasteiger charge is -2.41. The molecule has 0 spiro atoms. The van der Waals surface area contributed by atoms with E-state index in [2.05, 4.69) is 17.1 Å². The predicted molar refractivity (Wildman–Crippen MR) is 83.1 cm³/mol. The minimum atomic E-state index is -0.470. The number of likely N-dealkylation sites (N-methyl/N-ethyl adjacent to an activating group) is 1. The molecule has 1 saturated heterocycles. The van der Waals surface area contributed by atoms with Crippen molar-refractivity contribution in [1.82, 2.24) is 10.2 Å². The number of nitrogens with one attached hydrogen (secondary N) is 1. The number of nitrogens with zero attached hydrogens (tertiary/aromatic N) is 2. The fraction of sp³-hybridized carbons (Fsp3) is 0.562. The molecule has 0 saturated carbocycles. The molecule has 1 aliphatic rings. The number of carbonyl (C=O) groups excluding carboxylic acids is 1. The van der Waals surface area contributed by atoms with Crippen LogP contribution in [0.15, 0.2) is 24.3 Å². The van der Waals surface area contributed by atoms with Gasteiger partial charge in [-0.05, 0) is 32.9 Å². The molecule has 4 heteroatoms. The van der Waals surface area contributed by atoms with Crippen molar-refractivity contribution in [2.24, 2.45) is 0 Å². The Kier molecular flexibility index (Phi) is 4.45. The molecule has 0 aromatic heterocycles. The topological polar surface area (TPSA) is 35.6 Å². The predicted octanol–water partition coefficient (Wildman–Crippen LogP) is 1.64. The van der Waals surface area contributed by atoms with Crippen LogP contribution in [0, 0.1) is 6.92 Å². The maximum absolute atomic E-state index is 12.8. The third kappa shape index (κ3) is 3.02. The van der Waals surface area contributed by atoms with Gasteiger partial charge >= 0.3 is 0 Å². The molecule has 1 amide bonds. The summed E-state index contributed by atoms with van der Waals surface area (Å²) in [5, 5.41) is 3.33. The SMILES string of the molecule is Cc1ccc(N(C)C(=O)C(C)(C)N2CCNCC2)cc1. The standard InChI is InChI=1S/C16H25N3O/c1-13-5-7-14(8-6-13)18(4)15(20)16(2,3)19-11-9-17-10-12-19/h5-8,17H,9-12H2,1-4H3. The minimum absolute atomic E-state index is 0.142. The zero-order chi connectivity index (χ0) is 14.8. The van der Waals surface area contributed by atoms with Gasteiger partial charge in [0.2, 0.25) is 5.91 Å². The van der Waals surface area contributed by atoms with Gasteiger partial charge in [0.25, 0.3) is 0 Å². The van der Waals surface area contributed by atoms with Crippen LogP contribution >= 0.6 is 0 Å².